The highest BCUT2D eigenvalue weighted by Crippen LogP contribution is 2.05. The number of carbonyl (C=O) groups is 1. The van der Waals surface area contributed by atoms with Crippen LogP contribution >= 0.6 is 22.9 Å². The molecule has 0 saturated carbocycles. The maximum absolute atomic E-state index is 11.2. The van der Waals surface area contributed by atoms with Gasteiger partial charge in [0, 0.05) is 16.0 Å². The van der Waals surface area contributed by atoms with Crippen molar-refractivity contribution in [2.24, 2.45) is 0 Å². The molecule has 1 aromatic heterocycles. The highest BCUT2D eigenvalue weighted by Gasteiger charge is 2.03. The molecule has 1 aromatic rings. The molecule has 12 heavy (non-hydrogen) atoms. The molecule has 0 aliphatic carbocycles. The summed E-state index contributed by atoms with van der Waals surface area (Å²) in [6, 6.07) is 1.76. The van der Waals surface area contributed by atoms with E-state index in [4.69, 9.17) is 11.6 Å². The van der Waals surface area contributed by atoms with Gasteiger partial charge in [0.1, 0.15) is 0 Å². The predicted octanol–water partition coefficient (Wildman–Crippen LogP) is 2.23. The second kappa shape index (κ2) is 4.28. The lowest BCUT2D eigenvalue weighted by atomic mass is 10.3. The van der Waals surface area contributed by atoms with Crippen molar-refractivity contribution < 1.29 is 4.79 Å². The number of hydrogen-bond acceptors (Lipinski definition) is 2. The Balaban J connectivity index is 2.45. The minimum absolute atomic E-state index is 0.113. The van der Waals surface area contributed by atoms with E-state index in [9.17, 15) is 4.79 Å². The Hall–Kier alpha value is -0.800. The van der Waals surface area contributed by atoms with Crippen LogP contribution in [0.1, 0.15) is 10.4 Å². The van der Waals surface area contributed by atoms with Crippen LogP contribution in [0.5, 0.6) is 0 Å². The topological polar surface area (TPSA) is 29.1 Å². The normalized spacial score (nSPS) is 9.42. The summed E-state index contributed by atoms with van der Waals surface area (Å²) in [5, 5.41) is 6.69. The van der Waals surface area contributed by atoms with E-state index in [1.54, 1.807) is 11.4 Å². The average Bonchev–Trinajstić information content (AvgIpc) is 2.51. The average molecular weight is 202 g/mol. The fraction of sp³-hybridized carbons (Fsp3) is 0.125. The molecule has 0 aliphatic rings. The Kier molecular flexibility index (Phi) is 3.31. The zero-order valence-corrected chi connectivity index (χ0v) is 7.91. The van der Waals surface area contributed by atoms with E-state index in [1.165, 1.54) is 11.3 Å². The molecule has 0 atom stereocenters. The molecule has 0 radical (unpaired) electrons. The zero-order valence-electron chi connectivity index (χ0n) is 6.34. The molecule has 0 unspecified atom stereocenters. The molecule has 64 valence electrons. The predicted molar refractivity (Wildman–Crippen MR) is 51.6 cm³/mol. The number of thiophene rings is 1. The number of rotatable bonds is 3. The Morgan fingerprint density at radius 2 is 2.50 bits per heavy atom. The summed E-state index contributed by atoms with van der Waals surface area (Å²) in [7, 11) is 0. The molecular weight excluding hydrogens is 194 g/mol. The first kappa shape index (κ1) is 9.29. The van der Waals surface area contributed by atoms with E-state index in [2.05, 4.69) is 11.9 Å². The molecule has 0 aliphatic heterocycles. The maximum atomic E-state index is 11.2. The third-order valence-corrected chi connectivity index (χ3v) is 2.04. The van der Waals surface area contributed by atoms with E-state index in [-0.39, 0.29) is 5.91 Å². The lowest BCUT2D eigenvalue weighted by Crippen LogP contribution is -2.23. The van der Waals surface area contributed by atoms with Gasteiger partial charge in [0.25, 0.3) is 5.91 Å². The summed E-state index contributed by atoms with van der Waals surface area (Å²) in [6.45, 7) is 3.78. The summed E-state index contributed by atoms with van der Waals surface area (Å²) in [5.41, 5.74) is 0.665. The van der Waals surface area contributed by atoms with Crippen molar-refractivity contribution in [3.63, 3.8) is 0 Å². The smallest absolute Gasteiger partial charge is 0.252 e. The molecule has 0 saturated heterocycles. The lowest BCUT2D eigenvalue weighted by Gasteiger charge is -2.00. The number of nitrogens with one attached hydrogen (secondary N) is 1. The van der Waals surface area contributed by atoms with Gasteiger partial charge in [0.15, 0.2) is 0 Å². The van der Waals surface area contributed by atoms with Crippen molar-refractivity contribution in [1.29, 1.82) is 0 Å². The minimum Gasteiger partial charge on any atom is -0.347 e. The molecule has 1 rings (SSSR count). The molecule has 0 aromatic carbocycles. The van der Waals surface area contributed by atoms with Crippen LogP contribution in [0.4, 0.5) is 0 Å². The molecule has 0 bridgehead atoms. The van der Waals surface area contributed by atoms with Gasteiger partial charge in [-0.2, -0.15) is 11.3 Å². The summed E-state index contributed by atoms with van der Waals surface area (Å²) in [4.78, 5) is 11.2. The van der Waals surface area contributed by atoms with Gasteiger partial charge in [-0.25, -0.2) is 0 Å². The molecule has 1 N–H and O–H groups in total. The highest BCUT2D eigenvalue weighted by molar-refractivity contribution is 7.08. The van der Waals surface area contributed by atoms with Gasteiger partial charge in [0.2, 0.25) is 0 Å². The first-order valence-corrected chi connectivity index (χ1v) is 4.66. The number of hydrogen-bond donors (Lipinski definition) is 1. The summed E-state index contributed by atoms with van der Waals surface area (Å²) in [5.74, 6) is -0.113. The Morgan fingerprint density at radius 1 is 1.75 bits per heavy atom. The number of halogens is 1. The Bertz CT molecular complexity index is 281. The standard InChI is InChI=1S/C8H8ClNOS/c1-6(9)4-10-8(11)7-2-3-12-5-7/h2-3,5H,1,4H2,(H,10,11). The molecule has 2 nitrogen and oxygen atoms in total. The zero-order chi connectivity index (χ0) is 8.97. The molecular formula is C8H8ClNOS. The highest BCUT2D eigenvalue weighted by atomic mass is 35.5. The van der Waals surface area contributed by atoms with Gasteiger partial charge in [-0.15, -0.1) is 0 Å². The van der Waals surface area contributed by atoms with Crippen LogP contribution < -0.4 is 5.32 Å². The molecule has 4 heteroatoms. The van der Waals surface area contributed by atoms with Gasteiger partial charge in [-0.05, 0) is 11.4 Å². The van der Waals surface area contributed by atoms with Crippen LogP contribution in [0.2, 0.25) is 0 Å². The SMILES string of the molecule is C=C(Cl)CNC(=O)c1ccsc1. The van der Waals surface area contributed by atoms with E-state index >= 15 is 0 Å². The third kappa shape index (κ3) is 2.68. The van der Waals surface area contributed by atoms with Gasteiger partial charge < -0.3 is 5.32 Å². The quantitative estimate of drug-likeness (QED) is 0.799. The van der Waals surface area contributed by atoms with E-state index in [0.717, 1.165) is 0 Å². The van der Waals surface area contributed by atoms with Crippen LogP contribution in [-0.2, 0) is 0 Å². The molecule has 1 heterocycles. The summed E-state index contributed by atoms with van der Waals surface area (Å²) in [6.07, 6.45) is 0. The molecule has 1 amide bonds. The van der Waals surface area contributed by atoms with Gasteiger partial charge in [0.05, 0.1) is 6.54 Å². The fourth-order valence-electron chi connectivity index (χ4n) is 0.672. The van der Waals surface area contributed by atoms with E-state index < -0.39 is 0 Å². The summed E-state index contributed by atoms with van der Waals surface area (Å²) < 4.78 is 0. The van der Waals surface area contributed by atoms with Gasteiger partial charge in [-0.1, -0.05) is 18.2 Å². The van der Waals surface area contributed by atoms with Crippen LogP contribution in [0, 0.1) is 0 Å². The minimum atomic E-state index is -0.113. The van der Waals surface area contributed by atoms with Gasteiger partial charge >= 0.3 is 0 Å². The largest absolute Gasteiger partial charge is 0.347 e. The summed E-state index contributed by atoms with van der Waals surface area (Å²) >= 11 is 6.96. The Morgan fingerprint density at radius 3 is 3.00 bits per heavy atom. The van der Waals surface area contributed by atoms with Crippen molar-refractivity contribution in [2.75, 3.05) is 6.54 Å². The van der Waals surface area contributed by atoms with E-state index in [0.29, 0.717) is 17.1 Å². The molecule has 0 spiro atoms. The van der Waals surface area contributed by atoms with Crippen LogP contribution in [0.3, 0.4) is 0 Å². The lowest BCUT2D eigenvalue weighted by molar-refractivity contribution is 0.0958. The second-order valence-electron chi connectivity index (χ2n) is 2.21. The van der Waals surface area contributed by atoms with Crippen molar-refractivity contribution in [3.8, 4) is 0 Å². The van der Waals surface area contributed by atoms with Gasteiger partial charge in [-0.3, -0.25) is 4.79 Å². The van der Waals surface area contributed by atoms with Crippen LogP contribution in [-0.4, -0.2) is 12.5 Å². The van der Waals surface area contributed by atoms with Crippen LogP contribution in [0.15, 0.2) is 28.4 Å². The monoisotopic (exact) mass is 201 g/mol. The fourth-order valence-corrected chi connectivity index (χ4v) is 1.37. The van der Waals surface area contributed by atoms with Crippen molar-refractivity contribution >= 4 is 28.8 Å². The van der Waals surface area contributed by atoms with Crippen molar-refractivity contribution in [3.05, 3.63) is 34.0 Å². The van der Waals surface area contributed by atoms with E-state index in [1.807, 2.05) is 5.38 Å². The van der Waals surface area contributed by atoms with Crippen molar-refractivity contribution in [1.82, 2.24) is 5.32 Å². The first-order valence-electron chi connectivity index (χ1n) is 3.34. The first-order chi connectivity index (χ1) is 5.70. The Labute approximate surface area is 79.9 Å². The van der Waals surface area contributed by atoms with Crippen LogP contribution in [0.25, 0.3) is 0 Å². The molecule has 0 fully saturated rings. The third-order valence-electron chi connectivity index (χ3n) is 1.22. The number of amides is 1. The number of carbonyl (C=O) groups excluding carboxylic acids is 1. The van der Waals surface area contributed by atoms with Crippen molar-refractivity contribution in [2.45, 2.75) is 0 Å². The maximum Gasteiger partial charge on any atom is 0.252 e. The second-order valence-corrected chi connectivity index (χ2v) is 3.53.